The van der Waals surface area contributed by atoms with Crippen LogP contribution in [0.1, 0.15) is 5.56 Å². The molecule has 3 heteroatoms. The Hall–Kier alpha value is -0.830. The Bertz CT molecular complexity index is 310. The summed E-state index contributed by atoms with van der Waals surface area (Å²) in [4.78, 5) is 0. The van der Waals surface area contributed by atoms with Gasteiger partial charge in [0.2, 0.25) is 0 Å². The Balaban J connectivity index is 2.76. The van der Waals surface area contributed by atoms with E-state index in [2.05, 4.69) is 0 Å². The second-order valence-corrected chi connectivity index (χ2v) is 6.59. The Kier molecular flexibility index (Phi) is 3.09. The van der Waals surface area contributed by atoms with Crippen LogP contribution in [0, 0.1) is 0 Å². The molecule has 0 bridgehead atoms. The van der Waals surface area contributed by atoms with E-state index in [1.807, 2.05) is 24.3 Å². The van der Waals surface area contributed by atoms with E-state index >= 15 is 0 Å². The second-order valence-electron chi connectivity index (χ2n) is 3.43. The van der Waals surface area contributed by atoms with Crippen molar-refractivity contribution in [3.8, 4) is 5.75 Å². The fourth-order valence-electron chi connectivity index (χ4n) is 1.12. The molecular weight excluding hydrogens is 184 g/mol. The molecule has 0 radical (unpaired) electrons. The van der Waals surface area contributed by atoms with Gasteiger partial charge in [-0.15, -0.1) is 4.21 Å². The molecule has 0 heterocycles. The third-order valence-corrected chi connectivity index (χ3v) is 2.70. The van der Waals surface area contributed by atoms with E-state index in [-0.39, 0.29) is 0 Å². The van der Waals surface area contributed by atoms with Gasteiger partial charge in [0.25, 0.3) is 0 Å². The van der Waals surface area contributed by atoms with E-state index in [4.69, 9.17) is 4.74 Å². The minimum Gasteiger partial charge on any atom is -0.497 e. The Morgan fingerprint density at radius 1 is 1.23 bits per heavy atom. The highest BCUT2D eigenvalue weighted by Crippen LogP contribution is 2.14. The lowest BCUT2D eigenvalue weighted by Crippen LogP contribution is -2.07. The third-order valence-electron chi connectivity index (χ3n) is 1.67. The van der Waals surface area contributed by atoms with Gasteiger partial charge in [-0.25, -0.2) is 0 Å². The maximum absolute atomic E-state index is 11.5. The fourth-order valence-corrected chi connectivity index (χ4v) is 2.12. The van der Waals surface area contributed by atoms with E-state index in [1.54, 1.807) is 19.6 Å². The molecule has 0 aliphatic carbocycles. The molecule has 0 aliphatic heterocycles. The van der Waals surface area contributed by atoms with Gasteiger partial charge in [0.15, 0.2) is 0 Å². The van der Waals surface area contributed by atoms with Gasteiger partial charge in [-0.1, -0.05) is 12.1 Å². The zero-order valence-corrected chi connectivity index (χ0v) is 9.06. The Labute approximate surface area is 80.3 Å². The number of hydrogen-bond donors (Lipinski definition) is 0. The van der Waals surface area contributed by atoms with E-state index < -0.39 is 9.93 Å². The van der Waals surface area contributed by atoms with Gasteiger partial charge in [0, 0.05) is 5.56 Å². The molecule has 0 aliphatic rings. The summed E-state index contributed by atoms with van der Waals surface area (Å²) in [5.74, 6) is 1.47. The predicted molar refractivity (Wildman–Crippen MR) is 56.6 cm³/mol. The van der Waals surface area contributed by atoms with Crippen LogP contribution in [0.25, 0.3) is 0 Å². The summed E-state index contributed by atoms with van der Waals surface area (Å²) < 4.78 is 16.5. The van der Waals surface area contributed by atoms with Crippen molar-refractivity contribution in [3.63, 3.8) is 0 Å². The summed E-state index contributed by atoms with van der Waals surface area (Å²) in [5.41, 5.74) is 1.09. The first-order chi connectivity index (χ1) is 6.01. The minimum absolute atomic E-state index is 0.636. The molecule has 0 saturated heterocycles. The molecule has 0 unspecified atom stereocenters. The highest BCUT2D eigenvalue weighted by Gasteiger charge is 2.12. The Morgan fingerprint density at radius 3 is 2.15 bits per heavy atom. The normalized spacial score (nSPS) is 11.3. The van der Waals surface area contributed by atoms with E-state index in [0.29, 0.717) is 5.75 Å². The van der Waals surface area contributed by atoms with Crippen molar-refractivity contribution in [2.45, 2.75) is 5.75 Å². The van der Waals surface area contributed by atoms with Crippen molar-refractivity contribution < 1.29 is 8.95 Å². The van der Waals surface area contributed by atoms with Gasteiger partial charge < -0.3 is 4.74 Å². The largest absolute Gasteiger partial charge is 0.497 e. The number of benzene rings is 1. The van der Waals surface area contributed by atoms with Crippen LogP contribution in [0.3, 0.4) is 0 Å². The van der Waals surface area contributed by atoms with Crippen LogP contribution in [-0.2, 0) is 19.9 Å². The van der Waals surface area contributed by atoms with Crippen LogP contribution >= 0.6 is 0 Å². The van der Waals surface area contributed by atoms with Crippen LogP contribution in [-0.4, -0.2) is 19.6 Å². The van der Waals surface area contributed by atoms with Crippen LogP contribution < -0.4 is 4.74 Å². The summed E-state index contributed by atoms with van der Waals surface area (Å²) in [5, 5.41) is 0. The fraction of sp³-hybridized carbons (Fsp3) is 0.400. The van der Waals surface area contributed by atoms with Gasteiger partial charge >= 0.3 is 0 Å². The molecule has 1 aromatic rings. The van der Waals surface area contributed by atoms with Gasteiger partial charge in [-0.05, 0) is 12.1 Å². The van der Waals surface area contributed by atoms with Crippen molar-refractivity contribution in [2.75, 3.05) is 19.6 Å². The third kappa shape index (κ3) is 3.59. The van der Waals surface area contributed by atoms with E-state index in [1.165, 1.54) is 0 Å². The van der Waals surface area contributed by atoms with Crippen LogP contribution in [0.15, 0.2) is 24.3 Å². The zero-order valence-electron chi connectivity index (χ0n) is 8.24. The molecular formula is C10H15O2S+. The number of ether oxygens (including phenoxy) is 1. The number of rotatable bonds is 3. The summed E-state index contributed by atoms with van der Waals surface area (Å²) in [7, 11) is -0.0509. The molecule has 1 rings (SSSR count). The van der Waals surface area contributed by atoms with Gasteiger partial charge in [0.1, 0.15) is 24.0 Å². The molecule has 72 valence electrons. The van der Waals surface area contributed by atoms with Gasteiger partial charge in [-0.2, -0.15) is 0 Å². The second kappa shape index (κ2) is 3.92. The average molecular weight is 199 g/mol. The first-order valence-electron chi connectivity index (χ1n) is 4.06. The molecule has 0 N–H and O–H groups in total. The van der Waals surface area contributed by atoms with Crippen molar-refractivity contribution in [1.29, 1.82) is 0 Å². The number of hydrogen-bond acceptors (Lipinski definition) is 2. The van der Waals surface area contributed by atoms with Gasteiger partial charge in [-0.3, -0.25) is 0 Å². The number of methoxy groups -OCH3 is 1. The van der Waals surface area contributed by atoms with Crippen molar-refractivity contribution in [2.24, 2.45) is 0 Å². The highest BCUT2D eigenvalue weighted by molar-refractivity contribution is 8.00. The quantitative estimate of drug-likeness (QED) is 0.696. The van der Waals surface area contributed by atoms with Crippen molar-refractivity contribution in [1.82, 2.24) is 0 Å². The standard InChI is InChI=1S/C10H15O2S/c1-12-10-6-4-9(5-7-10)8-13(2,3)11/h4-7H,8H2,1-3H3/q+1. The van der Waals surface area contributed by atoms with Crippen LogP contribution in [0.5, 0.6) is 5.75 Å². The maximum Gasteiger partial charge on any atom is 0.136 e. The maximum atomic E-state index is 11.5. The summed E-state index contributed by atoms with van der Waals surface area (Å²) in [6.07, 6.45) is 3.55. The lowest BCUT2D eigenvalue weighted by Gasteiger charge is -2.03. The van der Waals surface area contributed by atoms with Gasteiger partial charge in [0.05, 0.1) is 17.0 Å². The monoisotopic (exact) mass is 199 g/mol. The lowest BCUT2D eigenvalue weighted by molar-refractivity contribution is 0.414. The minimum atomic E-state index is -1.69. The van der Waals surface area contributed by atoms with Crippen molar-refractivity contribution in [3.05, 3.63) is 29.8 Å². The first kappa shape index (κ1) is 10.3. The molecule has 0 fully saturated rings. The smallest absolute Gasteiger partial charge is 0.136 e. The summed E-state index contributed by atoms with van der Waals surface area (Å²) in [6.45, 7) is 0. The Morgan fingerprint density at radius 2 is 1.77 bits per heavy atom. The highest BCUT2D eigenvalue weighted by atomic mass is 32.2. The topological polar surface area (TPSA) is 26.3 Å². The lowest BCUT2D eigenvalue weighted by atomic mass is 10.2. The summed E-state index contributed by atoms with van der Waals surface area (Å²) in [6, 6.07) is 7.68. The van der Waals surface area contributed by atoms with Crippen LogP contribution in [0.2, 0.25) is 0 Å². The molecule has 0 saturated carbocycles. The van der Waals surface area contributed by atoms with E-state index in [9.17, 15) is 4.21 Å². The predicted octanol–water partition coefficient (Wildman–Crippen LogP) is 1.95. The molecule has 0 atom stereocenters. The molecule has 1 aromatic carbocycles. The zero-order chi connectivity index (χ0) is 9.90. The molecule has 0 amide bonds. The van der Waals surface area contributed by atoms with Crippen LogP contribution in [0.4, 0.5) is 0 Å². The first-order valence-corrected chi connectivity index (χ1v) is 6.60. The molecule has 2 nitrogen and oxygen atoms in total. The average Bonchev–Trinajstić information content (AvgIpc) is 2.03. The molecule has 0 aromatic heterocycles. The van der Waals surface area contributed by atoms with Crippen molar-refractivity contribution >= 4 is 9.93 Å². The molecule has 13 heavy (non-hydrogen) atoms. The summed E-state index contributed by atoms with van der Waals surface area (Å²) >= 11 is 0. The SMILES string of the molecule is COc1ccc(C[S+](C)(C)=O)cc1. The van der Waals surface area contributed by atoms with E-state index in [0.717, 1.165) is 11.3 Å². The molecule has 0 spiro atoms.